The van der Waals surface area contributed by atoms with Gasteiger partial charge < -0.3 is 9.47 Å². The topological polar surface area (TPSA) is 82.8 Å². The fourth-order valence-corrected chi connectivity index (χ4v) is 3.22. The number of fused-ring (bicyclic) bond motifs is 1. The Morgan fingerprint density at radius 1 is 1.16 bits per heavy atom. The molecule has 0 fully saturated rings. The smallest absolute Gasteiger partial charge is 0.344 e. The minimum Gasteiger partial charge on any atom is -0.482 e. The van der Waals surface area contributed by atoms with E-state index in [0.29, 0.717) is 21.4 Å². The van der Waals surface area contributed by atoms with Crippen LogP contribution in [-0.4, -0.2) is 27.2 Å². The molecular formula is C17H17N3O4S. The standard InChI is InChI=1S/C17H17N3O4S/c1-10-4-11(2)6-13(5-10)23-9-16(22)24-8-14-19-20-15(21)7-12(3)18-17(20)25-14/h4-7H,8-9H2,1-3H3. The van der Waals surface area contributed by atoms with Crippen LogP contribution in [0.15, 0.2) is 29.1 Å². The van der Waals surface area contributed by atoms with Crippen LogP contribution in [0.4, 0.5) is 0 Å². The van der Waals surface area contributed by atoms with Crippen molar-refractivity contribution < 1.29 is 14.3 Å². The summed E-state index contributed by atoms with van der Waals surface area (Å²) in [5, 5.41) is 4.60. The van der Waals surface area contributed by atoms with E-state index in [4.69, 9.17) is 9.47 Å². The van der Waals surface area contributed by atoms with Crippen LogP contribution in [0.1, 0.15) is 21.8 Å². The summed E-state index contributed by atoms with van der Waals surface area (Å²) >= 11 is 1.21. The molecule has 7 nitrogen and oxygen atoms in total. The summed E-state index contributed by atoms with van der Waals surface area (Å²) in [5.74, 6) is 0.121. The van der Waals surface area contributed by atoms with Gasteiger partial charge in [-0.25, -0.2) is 9.78 Å². The van der Waals surface area contributed by atoms with Gasteiger partial charge in [0, 0.05) is 11.8 Å². The summed E-state index contributed by atoms with van der Waals surface area (Å²) in [6.45, 7) is 5.45. The van der Waals surface area contributed by atoms with E-state index in [-0.39, 0.29) is 18.8 Å². The van der Waals surface area contributed by atoms with Gasteiger partial charge in [0.2, 0.25) is 4.96 Å². The Morgan fingerprint density at radius 2 is 1.88 bits per heavy atom. The SMILES string of the molecule is Cc1cc(C)cc(OCC(=O)OCc2nn3c(=O)cc(C)nc3s2)c1. The molecule has 0 radical (unpaired) electrons. The molecule has 3 aromatic rings. The Kier molecular flexibility index (Phi) is 4.80. The highest BCUT2D eigenvalue weighted by atomic mass is 32.1. The molecule has 130 valence electrons. The first-order valence-electron chi connectivity index (χ1n) is 7.64. The van der Waals surface area contributed by atoms with E-state index < -0.39 is 5.97 Å². The van der Waals surface area contributed by atoms with Crippen molar-refractivity contribution in [2.24, 2.45) is 0 Å². The third-order valence-electron chi connectivity index (χ3n) is 3.32. The molecule has 0 bridgehead atoms. The van der Waals surface area contributed by atoms with E-state index in [2.05, 4.69) is 10.1 Å². The lowest BCUT2D eigenvalue weighted by Gasteiger charge is -2.07. The van der Waals surface area contributed by atoms with Crippen LogP contribution in [0.2, 0.25) is 0 Å². The minimum atomic E-state index is -0.505. The molecule has 0 aliphatic heterocycles. The third kappa shape index (κ3) is 4.21. The molecule has 0 atom stereocenters. The molecule has 0 saturated heterocycles. The van der Waals surface area contributed by atoms with Gasteiger partial charge in [-0.1, -0.05) is 17.4 Å². The van der Waals surface area contributed by atoms with E-state index in [0.717, 1.165) is 11.1 Å². The van der Waals surface area contributed by atoms with E-state index in [1.54, 1.807) is 6.92 Å². The van der Waals surface area contributed by atoms with Gasteiger partial charge in [-0.2, -0.15) is 9.61 Å². The zero-order chi connectivity index (χ0) is 18.0. The van der Waals surface area contributed by atoms with Crippen molar-refractivity contribution in [3.63, 3.8) is 0 Å². The molecule has 2 aromatic heterocycles. The molecule has 0 aliphatic carbocycles. The molecule has 0 amide bonds. The number of carbonyl (C=O) groups excluding carboxylic acids is 1. The first-order chi connectivity index (χ1) is 11.9. The van der Waals surface area contributed by atoms with E-state index in [9.17, 15) is 9.59 Å². The van der Waals surface area contributed by atoms with Gasteiger partial charge in [-0.05, 0) is 44.0 Å². The van der Waals surface area contributed by atoms with Crippen molar-refractivity contribution in [1.82, 2.24) is 14.6 Å². The monoisotopic (exact) mass is 359 g/mol. The lowest BCUT2D eigenvalue weighted by Crippen LogP contribution is -2.16. The number of carbonyl (C=O) groups is 1. The zero-order valence-electron chi connectivity index (χ0n) is 14.1. The summed E-state index contributed by atoms with van der Waals surface area (Å²) in [4.78, 5) is 28.4. The minimum absolute atomic E-state index is 0.0262. The largest absolute Gasteiger partial charge is 0.482 e. The first-order valence-corrected chi connectivity index (χ1v) is 8.45. The maximum atomic E-state index is 11.8. The number of ether oxygens (including phenoxy) is 2. The number of aryl methyl sites for hydroxylation is 3. The van der Waals surface area contributed by atoms with Crippen molar-refractivity contribution in [1.29, 1.82) is 0 Å². The maximum absolute atomic E-state index is 11.8. The predicted octanol–water partition coefficient (Wildman–Crippen LogP) is 2.20. The lowest BCUT2D eigenvalue weighted by molar-refractivity contribution is -0.147. The Morgan fingerprint density at radius 3 is 2.60 bits per heavy atom. The van der Waals surface area contributed by atoms with Crippen molar-refractivity contribution in [2.75, 3.05) is 6.61 Å². The highest BCUT2D eigenvalue weighted by Crippen LogP contribution is 2.16. The van der Waals surface area contributed by atoms with E-state index in [1.807, 2.05) is 32.0 Å². The second kappa shape index (κ2) is 7.02. The number of nitrogens with zero attached hydrogens (tertiary/aromatic N) is 3. The molecule has 0 aliphatic rings. The number of hydrogen-bond acceptors (Lipinski definition) is 7. The van der Waals surface area contributed by atoms with Gasteiger partial charge in [-0.3, -0.25) is 4.79 Å². The fraction of sp³-hybridized carbons (Fsp3) is 0.294. The lowest BCUT2D eigenvalue weighted by atomic mass is 10.1. The van der Waals surface area contributed by atoms with E-state index in [1.165, 1.54) is 21.9 Å². The molecular weight excluding hydrogens is 342 g/mol. The first kappa shape index (κ1) is 17.1. The van der Waals surface area contributed by atoms with Crippen LogP contribution in [0.3, 0.4) is 0 Å². The molecule has 3 rings (SSSR count). The Bertz CT molecular complexity index is 973. The second-order valence-electron chi connectivity index (χ2n) is 5.70. The number of aromatic nitrogens is 3. The third-order valence-corrected chi connectivity index (χ3v) is 4.21. The zero-order valence-corrected chi connectivity index (χ0v) is 14.9. The number of benzene rings is 1. The molecule has 0 saturated carbocycles. The summed E-state index contributed by atoms with van der Waals surface area (Å²) in [5.41, 5.74) is 2.49. The van der Waals surface area contributed by atoms with Crippen LogP contribution in [-0.2, 0) is 16.1 Å². The van der Waals surface area contributed by atoms with Gasteiger partial charge in [-0.15, -0.1) is 0 Å². The van der Waals surface area contributed by atoms with Gasteiger partial charge in [0.15, 0.2) is 11.6 Å². The summed E-state index contributed by atoms with van der Waals surface area (Å²) in [6.07, 6.45) is 0. The van der Waals surface area contributed by atoms with Crippen LogP contribution in [0.5, 0.6) is 5.75 Å². The van der Waals surface area contributed by atoms with E-state index >= 15 is 0 Å². The maximum Gasteiger partial charge on any atom is 0.344 e. The van der Waals surface area contributed by atoms with Gasteiger partial charge >= 0.3 is 5.97 Å². The molecule has 2 heterocycles. The number of hydrogen-bond donors (Lipinski definition) is 0. The Balaban J connectivity index is 1.59. The van der Waals surface area contributed by atoms with Gasteiger partial charge in [0.1, 0.15) is 12.4 Å². The molecule has 0 N–H and O–H groups in total. The normalized spacial score (nSPS) is 10.8. The van der Waals surface area contributed by atoms with Crippen LogP contribution >= 0.6 is 11.3 Å². The highest BCUT2D eigenvalue weighted by molar-refractivity contribution is 7.16. The van der Waals surface area contributed by atoms with Gasteiger partial charge in [0.05, 0.1) is 0 Å². The van der Waals surface area contributed by atoms with Crippen LogP contribution in [0.25, 0.3) is 4.96 Å². The Hall–Kier alpha value is -2.74. The van der Waals surface area contributed by atoms with Crippen LogP contribution < -0.4 is 10.3 Å². The molecule has 25 heavy (non-hydrogen) atoms. The highest BCUT2D eigenvalue weighted by Gasteiger charge is 2.11. The van der Waals surface area contributed by atoms with Crippen molar-refractivity contribution in [3.8, 4) is 5.75 Å². The molecule has 0 spiro atoms. The number of rotatable bonds is 5. The van der Waals surface area contributed by atoms with Crippen LogP contribution in [0, 0.1) is 20.8 Å². The van der Waals surface area contributed by atoms with Crippen molar-refractivity contribution in [3.05, 3.63) is 56.4 Å². The van der Waals surface area contributed by atoms with Crippen molar-refractivity contribution >= 4 is 22.3 Å². The summed E-state index contributed by atoms with van der Waals surface area (Å²) in [7, 11) is 0. The molecule has 8 heteroatoms. The van der Waals surface area contributed by atoms with Crippen molar-refractivity contribution in [2.45, 2.75) is 27.4 Å². The second-order valence-corrected chi connectivity index (χ2v) is 6.74. The fourth-order valence-electron chi connectivity index (χ4n) is 2.36. The quantitative estimate of drug-likeness (QED) is 0.650. The summed E-state index contributed by atoms with van der Waals surface area (Å²) in [6, 6.07) is 7.14. The Labute approximate surface area is 147 Å². The average molecular weight is 359 g/mol. The number of esters is 1. The molecule has 0 unspecified atom stereocenters. The molecule has 1 aromatic carbocycles. The average Bonchev–Trinajstić information content (AvgIpc) is 2.93. The summed E-state index contributed by atoms with van der Waals surface area (Å²) < 4.78 is 11.8. The predicted molar refractivity (Wildman–Crippen MR) is 93.1 cm³/mol. The van der Waals surface area contributed by atoms with Gasteiger partial charge in [0.25, 0.3) is 5.56 Å².